The first-order valence-electron chi connectivity index (χ1n) is 6.09. The summed E-state index contributed by atoms with van der Waals surface area (Å²) in [6.07, 6.45) is 0. The van der Waals surface area contributed by atoms with Crippen LogP contribution < -0.4 is 5.32 Å². The zero-order chi connectivity index (χ0) is 14.0. The highest BCUT2D eigenvalue weighted by molar-refractivity contribution is 9.10. The van der Waals surface area contributed by atoms with Crippen molar-refractivity contribution >= 4 is 27.5 Å². The van der Waals surface area contributed by atoms with Gasteiger partial charge in [0.25, 0.3) is 0 Å². The van der Waals surface area contributed by atoms with Gasteiger partial charge in [0.15, 0.2) is 4.60 Å². The standard InChI is InChI=1S/C13H16BrClN4/c1-4-16-11(12-13(14)17-18-19(12)3)9-5-6-10(15)8(2)7-9/h5-7,11,16H,4H2,1-3H3. The van der Waals surface area contributed by atoms with E-state index in [-0.39, 0.29) is 6.04 Å². The lowest BCUT2D eigenvalue weighted by molar-refractivity contribution is 0.567. The molecule has 1 aromatic heterocycles. The number of hydrogen-bond acceptors (Lipinski definition) is 3. The minimum absolute atomic E-state index is 0.0374. The summed E-state index contributed by atoms with van der Waals surface area (Å²) in [4.78, 5) is 0. The zero-order valence-corrected chi connectivity index (χ0v) is 13.5. The van der Waals surface area contributed by atoms with Gasteiger partial charge in [0, 0.05) is 12.1 Å². The molecule has 0 radical (unpaired) electrons. The van der Waals surface area contributed by atoms with Crippen LogP contribution in [0, 0.1) is 6.92 Å². The molecule has 0 aliphatic carbocycles. The van der Waals surface area contributed by atoms with E-state index in [0.29, 0.717) is 0 Å². The van der Waals surface area contributed by atoms with E-state index in [1.54, 1.807) is 4.68 Å². The normalized spacial score (nSPS) is 12.7. The smallest absolute Gasteiger partial charge is 0.153 e. The van der Waals surface area contributed by atoms with Crippen LogP contribution in [0.3, 0.4) is 0 Å². The molecule has 1 unspecified atom stereocenters. The summed E-state index contributed by atoms with van der Waals surface area (Å²) >= 11 is 9.55. The van der Waals surface area contributed by atoms with Gasteiger partial charge >= 0.3 is 0 Å². The number of halogens is 2. The molecule has 2 aromatic rings. The highest BCUT2D eigenvalue weighted by atomic mass is 79.9. The molecule has 0 aliphatic rings. The molecule has 0 saturated heterocycles. The number of aryl methyl sites for hydroxylation is 2. The molecule has 1 N–H and O–H groups in total. The van der Waals surface area contributed by atoms with Gasteiger partial charge in [-0.15, -0.1) is 5.10 Å². The molecule has 1 atom stereocenters. The van der Waals surface area contributed by atoms with E-state index in [9.17, 15) is 0 Å². The average molecular weight is 344 g/mol. The van der Waals surface area contributed by atoms with Crippen LogP contribution in [-0.4, -0.2) is 21.5 Å². The molecule has 0 saturated carbocycles. The van der Waals surface area contributed by atoms with E-state index in [1.165, 1.54) is 0 Å². The molecule has 1 aromatic carbocycles. The summed E-state index contributed by atoms with van der Waals surface area (Å²) in [6.45, 7) is 4.93. The molecule has 0 amide bonds. The second-order valence-electron chi connectivity index (χ2n) is 4.39. The van der Waals surface area contributed by atoms with E-state index in [4.69, 9.17) is 11.6 Å². The van der Waals surface area contributed by atoms with Crippen LogP contribution in [0.25, 0.3) is 0 Å². The van der Waals surface area contributed by atoms with Gasteiger partial charge in [-0.3, -0.25) is 0 Å². The molecular weight excluding hydrogens is 328 g/mol. The van der Waals surface area contributed by atoms with Crippen LogP contribution in [0.15, 0.2) is 22.8 Å². The monoisotopic (exact) mass is 342 g/mol. The average Bonchev–Trinajstić information content (AvgIpc) is 2.70. The summed E-state index contributed by atoms with van der Waals surface area (Å²) in [5.74, 6) is 0. The van der Waals surface area contributed by atoms with Crippen LogP contribution >= 0.6 is 27.5 Å². The highest BCUT2D eigenvalue weighted by Crippen LogP contribution is 2.28. The lowest BCUT2D eigenvalue weighted by Crippen LogP contribution is -2.24. The van der Waals surface area contributed by atoms with Gasteiger partial charge in [-0.2, -0.15) is 0 Å². The predicted molar refractivity (Wildman–Crippen MR) is 80.4 cm³/mol. The molecule has 0 fully saturated rings. The van der Waals surface area contributed by atoms with Crippen LogP contribution in [0.2, 0.25) is 5.02 Å². The van der Waals surface area contributed by atoms with Gasteiger partial charge < -0.3 is 5.32 Å². The maximum Gasteiger partial charge on any atom is 0.153 e. The number of benzene rings is 1. The van der Waals surface area contributed by atoms with Crippen molar-refractivity contribution < 1.29 is 0 Å². The van der Waals surface area contributed by atoms with Crippen molar-refractivity contribution in [3.05, 3.63) is 44.6 Å². The molecular formula is C13H16BrClN4. The van der Waals surface area contributed by atoms with Gasteiger partial charge in [0.05, 0.1) is 11.7 Å². The second-order valence-corrected chi connectivity index (χ2v) is 5.55. The SMILES string of the molecule is CCNC(c1ccc(Cl)c(C)c1)c1c(Br)nnn1C. The van der Waals surface area contributed by atoms with Crippen molar-refractivity contribution in [2.75, 3.05) is 6.54 Å². The second kappa shape index (κ2) is 6.03. The quantitative estimate of drug-likeness (QED) is 0.927. The lowest BCUT2D eigenvalue weighted by atomic mass is 10.0. The number of aromatic nitrogens is 3. The van der Waals surface area contributed by atoms with E-state index >= 15 is 0 Å². The molecule has 4 nitrogen and oxygen atoms in total. The lowest BCUT2D eigenvalue weighted by Gasteiger charge is -2.19. The number of nitrogens with zero attached hydrogens (tertiary/aromatic N) is 3. The number of nitrogens with one attached hydrogen (secondary N) is 1. The van der Waals surface area contributed by atoms with Crippen molar-refractivity contribution in [1.82, 2.24) is 20.3 Å². The maximum absolute atomic E-state index is 6.09. The first-order chi connectivity index (χ1) is 9.04. The highest BCUT2D eigenvalue weighted by Gasteiger charge is 2.21. The van der Waals surface area contributed by atoms with Gasteiger partial charge in [0.1, 0.15) is 0 Å². The Hall–Kier alpha value is -0.910. The Morgan fingerprint density at radius 3 is 2.74 bits per heavy atom. The molecule has 1 heterocycles. The fourth-order valence-corrected chi connectivity index (χ4v) is 2.74. The van der Waals surface area contributed by atoms with Crippen molar-refractivity contribution in [3.8, 4) is 0 Å². The maximum atomic E-state index is 6.09. The Bertz CT molecular complexity index is 563. The number of hydrogen-bond donors (Lipinski definition) is 1. The molecule has 0 bridgehead atoms. The summed E-state index contributed by atoms with van der Waals surface area (Å²) in [5.41, 5.74) is 3.21. The summed E-state index contributed by atoms with van der Waals surface area (Å²) < 4.78 is 2.54. The van der Waals surface area contributed by atoms with Crippen LogP contribution in [0.4, 0.5) is 0 Å². The Morgan fingerprint density at radius 1 is 1.47 bits per heavy atom. The molecule has 102 valence electrons. The van der Waals surface area contributed by atoms with Crippen molar-refractivity contribution in [2.45, 2.75) is 19.9 Å². The topological polar surface area (TPSA) is 42.7 Å². The third-order valence-corrected chi connectivity index (χ3v) is 4.01. The van der Waals surface area contributed by atoms with E-state index in [0.717, 1.165) is 33.0 Å². The van der Waals surface area contributed by atoms with Crippen LogP contribution in [-0.2, 0) is 7.05 Å². The minimum Gasteiger partial charge on any atom is -0.305 e. The fourth-order valence-electron chi connectivity index (χ4n) is 2.07. The Balaban J connectivity index is 2.48. The van der Waals surface area contributed by atoms with E-state index in [2.05, 4.69) is 44.5 Å². The van der Waals surface area contributed by atoms with Crippen molar-refractivity contribution in [3.63, 3.8) is 0 Å². The van der Waals surface area contributed by atoms with Gasteiger partial charge in [-0.25, -0.2) is 4.68 Å². The van der Waals surface area contributed by atoms with E-state index < -0.39 is 0 Å². The molecule has 0 spiro atoms. The van der Waals surface area contributed by atoms with Crippen molar-refractivity contribution in [2.24, 2.45) is 7.05 Å². The summed E-state index contributed by atoms with van der Waals surface area (Å²) in [7, 11) is 1.89. The molecule has 6 heteroatoms. The van der Waals surface area contributed by atoms with Gasteiger partial charge in [-0.1, -0.05) is 35.9 Å². The van der Waals surface area contributed by atoms with Crippen LogP contribution in [0.5, 0.6) is 0 Å². The van der Waals surface area contributed by atoms with E-state index in [1.807, 2.05) is 26.1 Å². The predicted octanol–water partition coefficient (Wildman–Crippen LogP) is 3.24. The first-order valence-corrected chi connectivity index (χ1v) is 7.26. The van der Waals surface area contributed by atoms with Gasteiger partial charge in [0.2, 0.25) is 0 Å². The Labute approximate surface area is 126 Å². The third kappa shape index (κ3) is 2.99. The Morgan fingerprint density at radius 2 is 2.21 bits per heavy atom. The van der Waals surface area contributed by atoms with Gasteiger partial charge in [-0.05, 0) is 46.6 Å². The minimum atomic E-state index is 0.0374. The fraction of sp³-hybridized carbons (Fsp3) is 0.385. The van der Waals surface area contributed by atoms with Crippen molar-refractivity contribution in [1.29, 1.82) is 0 Å². The molecule has 19 heavy (non-hydrogen) atoms. The number of rotatable bonds is 4. The largest absolute Gasteiger partial charge is 0.305 e. The summed E-state index contributed by atoms with van der Waals surface area (Å²) in [5, 5.41) is 12.3. The zero-order valence-electron chi connectivity index (χ0n) is 11.1. The Kier molecular flexibility index (Phi) is 4.60. The summed E-state index contributed by atoms with van der Waals surface area (Å²) in [6, 6.07) is 6.08. The molecule has 2 rings (SSSR count). The first kappa shape index (κ1) is 14.5. The van der Waals surface area contributed by atoms with Crippen LogP contribution in [0.1, 0.15) is 29.8 Å². The third-order valence-electron chi connectivity index (χ3n) is 3.02. The molecule has 0 aliphatic heterocycles.